The predicted octanol–water partition coefficient (Wildman–Crippen LogP) is 0.0151. The SMILES string of the molecule is CC(N)C(=O)CCCN1CCOCC1. The van der Waals surface area contributed by atoms with Crippen molar-refractivity contribution in [3.63, 3.8) is 0 Å². The van der Waals surface area contributed by atoms with E-state index in [0.717, 1.165) is 39.3 Å². The molecule has 1 saturated heterocycles. The van der Waals surface area contributed by atoms with Crippen molar-refractivity contribution in [2.45, 2.75) is 25.8 Å². The Kier molecular flexibility index (Phi) is 5.07. The highest BCUT2D eigenvalue weighted by molar-refractivity contribution is 5.83. The zero-order valence-electron chi connectivity index (χ0n) is 8.87. The highest BCUT2D eigenvalue weighted by Gasteiger charge is 2.11. The summed E-state index contributed by atoms with van der Waals surface area (Å²) in [5, 5.41) is 0. The summed E-state index contributed by atoms with van der Waals surface area (Å²) in [4.78, 5) is 13.5. The number of hydrogen-bond donors (Lipinski definition) is 1. The average Bonchev–Trinajstić information content (AvgIpc) is 2.19. The van der Waals surface area contributed by atoms with Crippen LogP contribution in [0.4, 0.5) is 0 Å². The van der Waals surface area contributed by atoms with Gasteiger partial charge >= 0.3 is 0 Å². The van der Waals surface area contributed by atoms with Crippen LogP contribution in [0.2, 0.25) is 0 Å². The van der Waals surface area contributed by atoms with Crippen molar-refractivity contribution in [2.75, 3.05) is 32.8 Å². The predicted molar refractivity (Wildman–Crippen MR) is 55.1 cm³/mol. The molecule has 0 spiro atoms. The van der Waals surface area contributed by atoms with E-state index in [1.807, 2.05) is 0 Å². The Hall–Kier alpha value is -0.450. The van der Waals surface area contributed by atoms with Gasteiger partial charge in [-0.2, -0.15) is 0 Å². The van der Waals surface area contributed by atoms with E-state index in [1.165, 1.54) is 0 Å². The van der Waals surface area contributed by atoms with Gasteiger partial charge in [-0.3, -0.25) is 9.69 Å². The number of hydrogen-bond acceptors (Lipinski definition) is 4. The van der Waals surface area contributed by atoms with Crippen LogP contribution in [0.3, 0.4) is 0 Å². The molecular weight excluding hydrogens is 180 g/mol. The monoisotopic (exact) mass is 200 g/mol. The summed E-state index contributed by atoms with van der Waals surface area (Å²) >= 11 is 0. The molecule has 1 aliphatic rings. The summed E-state index contributed by atoms with van der Waals surface area (Å²) in [6, 6.07) is -0.306. The maximum absolute atomic E-state index is 11.2. The van der Waals surface area contributed by atoms with E-state index in [9.17, 15) is 4.79 Å². The van der Waals surface area contributed by atoms with Crippen LogP contribution in [0, 0.1) is 0 Å². The lowest BCUT2D eigenvalue weighted by atomic mass is 10.1. The molecule has 0 bridgehead atoms. The van der Waals surface area contributed by atoms with Crippen LogP contribution in [-0.4, -0.2) is 49.6 Å². The summed E-state index contributed by atoms with van der Waals surface area (Å²) in [5.41, 5.74) is 5.47. The van der Waals surface area contributed by atoms with E-state index in [-0.39, 0.29) is 11.8 Å². The zero-order chi connectivity index (χ0) is 10.4. The van der Waals surface area contributed by atoms with Crippen molar-refractivity contribution >= 4 is 5.78 Å². The molecule has 1 unspecified atom stereocenters. The van der Waals surface area contributed by atoms with Crippen LogP contribution >= 0.6 is 0 Å². The highest BCUT2D eigenvalue weighted by atomic mass is 16.5. The van der Waals surface area contributed by atoms with Gasteiger partial charge in [-0.1, -0.05) is 0 Å². The molecule has 0 aromatic carbocycles. The second-order valence-electron chi connectivity index (χ2n) is 3.81. The van der Waals surface area contributed by atoms with Crippen LogP contribution in [0.15, 0.2) is 0 Å². The molecular formula is C10H20N2O2. The topological polar surface area (TPSA) is 55.6 Å². The minimum Gasteiger partial charge on any atom is -0.379 e. The summed E-state index contributed by atoms with van der Waals surface area (Å²) in [6.07, 6.45) is 1.52. The summed E-state index contributed by atoms with van der Waals surface area (Å²) < 4.78 is 5.24. The number of nitrogens with zero attached hydrogens (tertiary/aromatic N) is 1. The van der Waals surface area contributed by atoms with Gasteiger partial charge in [-0.25, -0.2) is 0 Å². The highest BCUT2D eigenvalue weighted by Crippen LogP contribution is 2.01. The zero-order valence-corrected chi connectivity index (χ0v) is 8.87. The van der Waals surface area contributed by atoms with Crippen LogP contribution in [-0.2, 0) is 9.53 Å². The molecule has 4 nitrogen and oxygen atoms in total. The van der Waals surface area contributed by atoms with Crippen molar-refractivity contribution in [3.05, 3.63) is 0 Å². The normalized spacial score (nSPS) is 20.7. The van der Waals surface area contributed by atoms with Gasteiger partial charge in [0.1, 0.15) is 5.78 Å². The minimum atomic E-state index is -0.306. The van der Waals surface area contributed by atoms with Gasteiger partial charge in [0, 0.05) is 19.5 Å². The molecule has 1 heterocycles. The van der Waals surface area contributed by atoms with Crippen LogP contribution in [0.25, 0.3) is 0 Å². The summed E-state index contributed by atoms with van der Waals surface area (Å²) in [5.74, 6) is 0.165. The maximum Gasteiger partial charge on any atom is 0.149 e. The molecule has 1 atom stereocenters. The van der Waals surface area contributed by atoms with Crippen molar-refractivity contribution in [2.24, 2.45) is 5.73 Å². The first kappa shape index (κ1) is 11.6. The van der Waals surface area contributed by atoms with Gasteiger partial charge in [0.2, 0.25) is 0 Å². The van der Waals surface area contributed by atoms with E-state index in [4.69, 9.17) is 10.5 Å². The third-order valence-corrected chi connectivity index (χ3v) is 2.51. The molecule has 14 heavy (non-hydrogen) atoms. The number of morpholine rings is 1. The maximum atomic E-state index is 11.2. The molecule has 0 amide bonds. The standard InChI is InChI=1S/C10H20N2O2/c1-9(11)10(13)3-2-4-12-5-7-14-8-6-12/h9H,2-8,11H2,1H3. The Labute approximate surface area is 85.4 Å². The third kappa shape index (κ3) is 4.17. The Morgan fingerprint density at radius 1 is 1.50 bits per heavy atom. The Morgan fingerprint density at radius 2 is 2.14 bits per heavy atom. The van der Waals surface area contributed by atoms with Gasteiger partial charge < -0.3 is 10.5 Å². The van der Waals surface area contributed by atoms with Gasteiger partial charge in [-0.15, -0.1) is 0 Å². The van der Waals surface area contributed by atoms with Crippen LogP contribution in [0.1, 0.15) is 19.8 Å². The molecule has 1 fully saturated rings. The Balaban J connectivity index is 2.05. The number of rotatable bonds is 5. The van der Waals surface area contributed by atoms with Crippen LogP contribution in [0.5, 0.6) is 0 Å². The third-order valence-electron chi connectivity index (χ3n) is 2.51. The lowest BCUT2D eigenvalue weighted by Crippen LogP contribution is -2.37. The van der Waals surface area contributed by atoms with E-state index in [1.54, 1.807) is 6.92 Å². The fourth-order valence-corrected chi connectivity index (χ4v) is 1.53. The van der Waals surface area contributed by atoms with Gasteiger partial charge in [-0.05, 0) is 19.9 Å². The molecule has 1 rings (SSSR count). The fourth-order valence-electron chi connectivity index (χ4n) is 1.53. The smallest absolute Gasteiger partial charge is 0.149 e. The molecule has 0 radical (unpaired) electrons. The second kappa shape index (κ2) is 6.11. The number of carbonyl (C=O) groups excluding carboxylic acids is 1. The number of Topliss-reactive ketones (excluding diaryl/α,β-unsaturated/α-hetero) is 1. The Bertz CT molecular complexity index is 177. The number of nitrogens with two attached hydrogens (primary N) is 1. The van der Waals surface area contributed by atoms with Crippen LogP contribution < -0.4 is 5.73 Å². The van der Waals surface area contributed by atoms with E-state index < -0.39 is 0 Å². The van der Waals surface area contributed by atoms with Crippen molar-refractivity contribution in [3.8, 4) is 0 Å². The van der Waals surface area contributed by atoms with Crippen molar-refractivity contribution < 1.29 is 9.53 Å². The molecule has 0 saturated carbocycles. The summed E-state index contributed by atoms with van der Waals surface area (Å²) in [6.45, 7) is 6.36. The molecule has 4 heteroatoms. The minimum absolute atomic E-state index is 0.165. The number of carbonyl (C=O) groups is 1. The average molecular weight is 200 g/mol. The molecule has 0 aromatic heterocycles. The van der Waals surface area contributed by atoms with Gasteiger partial charge in [0.25, 0.3) is 0 Å². The fraction of sp³-hybridized carbons (Fsp3) is 0.900. The molecule has 0 aliphatic carbocycles. The molecule has 2 N–H and O–H groups in total. The molecule has 0 aromatic rings. The lowest BCUT2D eigenvalue weighted by molar-refractivity contribution is -0.120. The van der Waals surface area contributed by atoms with Gasteiger partial charge in [0.15, 0.2) is 0 Å². The Morgan fingerprint density at radius 3 is 2.71 bits per heavy atom. The lowest BCUT2D eigenvalue weighted by Gasteiger charge is -2.26. The number of ketones is 1. The second-order valence-corrected chi connectivity index (χ2v) is 3.81. The van der Waals surface area contributed by atoms with E-state index in [2.05, 4.69) is 4.90 Å². The largest absolute Gasteiger partial charge is 0.379 e. The first-order valence-electron chi connectivity index (χ1n) is 5.28. The van der Waals surface area contributed by atoms with E-state index in [0.29, 0.717) is 6.42 Å². The quantitative estimate of drug-likeness (QED) is 0.679. The van der Waals surface area contributed by atoms with Crippen molar-refractivity contribution in [1.29, 1.82) is 0 Å². The van der Waals surface area contributed by atoms with Gasteiger partial charge in [0.05, 0.1) is 19.3 Å². The van der Waals surface area contributed by atoms with Crippen molar-refractivity contribution in [1.82, 2.24) is 4.90 Å². The molecule has 82 valence electrons. The first-order valence-corrected chi connectivity index (χ1v) is 5.28. The van der Waals surface area contributed by atoms with E-state index >= 15 is 0 Å². The first-order chi connectivity index (χ1) is 6.70. The summed E-state index contributed by atoms with van der Waals surface area (Å²) in [7, 11) is 0. The number of ether oxygens (including phenoxy) is 1. The molecule has 1 aliphatic heterocycles.